The number of benzene rings is 1. The van der Waals surface area contributed by atoms with Crippen molar-refractivity contribution in [1.29, 1.82) is 0 Å². The molecule has 1 fully saturated rings. The van der Waals surface area contributed by atoms with Gasteiger partial charge in [-0.1, -0.05) is 12.1 Å². The van der Waals surface area contributed by atoms with Crippen LogP contribution in [0.5, 0.6) is 0 Å². The van der Waals surface area contributed by atoms with E-state index in [1.54, 1.807) is 13.1 Å². The quantitative estimate of drug-likeness (QED) is 0.445. The second-order valence-electron chi connectivity index (χ2n) is 5.69. The minimum Gasteiger partial charge on any atom is -0.466 e. The molecule has 0 spiro atoms. The van der Waals surface area contributed by atoms with Crippen LogP contribution >= 0.6 is 23.1 Å². The summed E-state index contributed by atoms with van der Waals surface area (Å²) in [6.07, 6.45) is 1.95. The van der Waals surface area contributed by atoms with Gasteiger partial charge in [0.2, 0.25) is 5.13 Å². The number of esters is 1. The van der Waals surface area contributed by atoms with Crippen molar-refractivity contribution in [3.8, 4) is 0 Å². The van der Waals surface area contributed by atoms with Gasteiger partial charge >= 0.3 is 5.97 Å². The van der Waals surface area contributed by atoms with Gasteiger partial charge in [0.15, 0.2) is 0 Å². The van der Waals surface area contributed by atoms with Crippen molar-refractivity contribution in [3.63, 3.8) is 0 Å². The molecule has 1 saturated heterocycles. The van der Waals surface area contributed by atoms with Gasteiger partial charge in [0.1, 0.15) is 0 Å². The summed E-state index contributed by atoms with van der Waals surface area (Å²) in [7, 11) is 0. The summed E-state index contributed by atoms with van der Waals surface area (Å²) < 4.78 is 4.92. The number of nitrogens with one attached hydrogen (secondary N) is 1. The number of carbonyl (C=O) groups is 1. The number of hydrazone groups is 1. The second-order valence-corrected chi connectivity index (χ2v) is 7.77. The van der Waals surface area contributed by atoms with Crippen molar-refractivity contribution in [2.24, 2.45) is 5.10 Å². The van der Waals surface area contributed by atoms with Crippen LogP contribution in [0.1, 0.15) is 18.2 Å². The smallest absolute Gasteiger partial charge is 0.311 e. The molecule has 6 nitrogen and oxygen atoms in total. The van der Waals surface area contributed by atoms with Gasteiger partial charge < -0.3 is 9.64 Å². The molecule has 0 radical (unpaired) electrons. The predicted octanol–water partition coefficient (Wildman–Crippen LogP) is 3.25. The summed E-state index contributed by atoms with van der Waals surface area (Å²) in [6.45, 7) is 4.39. The van der Waals surface area contributed by atoms with Crippen molar-refractivity contribution in [2.75, 3.05) is 41.5 Å². The lowest BCUT2D eigenvalue weighted by molar-refractivity contribution is -0.142. The van der Waals surface area contributed by atoms with Crippen molar-refractivity contribution in [2.45, 2.75) is 13.3 Å². The highest BCUT2D eigenvalue weighted by atomic mass is 32.2. The zero-order chi connectivity index (χ0) is 18.2. The van der Waals surface area contributed by atoms with Crippen LogP contribution in [0, 0.1) is 0 Å². The molecule has 1 aliphatic heterocycles. The van der Waals surface area contributed by atoms with E-state index in [0.717, 1.165) is 18.7 Å². The van der Waals surface area contributed by atoms with E-state index in [4.69, 9.17) is 4.74 Å². The molecule has 1 N–H and O–H groups in total. The second kappa shape index (κ2) is 9.59. The highest BCUT2D eigenvalue weighted by Gasteiger charge is 2.10. The molecule has 2 heterocycles. The normalized spacial score (nSPS) is 14.6. The molecule has 1 aromatic heterocycles. The first-order valence-electron chi connectivity index (χ1n) is 8.56. The molecular formula is C18H22N4O2S2. The molecule has 138 valence electrons. The average molecular weight is 391 g/mol. The molecule has 3 rings (SSSR count). The van der Waals surface area contributed by atoms with E-state index in [0.29, 0.717) is 17.4 Å². The summed E-state index contributed by atoms with van der Waals surface area (Å²) >= 11 is 3.42. The Labute approximate surface area is 161 Å². The van der Waals surface area contributed by atoms with E-state index in [-0.39, 0.29) is 12.4 Å². The van der Waals surface area contributed by atoms with Crippen LogP contribution in [0.15, 0.2) is 34.7 Å². The summed E-state index contributed by atoms with van der Waals surface area (Å²) in [4.78, 5) is 18.2. The maximum Gasteiger partial charge on any atom is 0.311 e. The zero-order valence-corrected chi connectivity index (χ0v) is 16.3. The molecular weight excluding hydrogens is 368 g/mol. The number of thiazole rings is 1. The van der Waals surface area contributed by atoms with Crippen molar-refractivity contribution >= 4 is 46.1 Å². The predicted molar refractivity (Wildman–Crippen MR) is 110 cm³/mol. The first-order valence-corrected chi connectivity index (χ1v) is 10.6. The molecule has 0 saturated carbocycles. The molecule has 0 aliphatic carbocycles. The topological polar surface area (TPSA) is 66.8 Å². The third-order valence-corrected chi connectivity index (χ3v) is 5.56. The SMILES string of the molecule is CCOC(=O)Cc1csc(NN=Cc2ccc(N3CCSCC3)cc2)n1. The Bertz CT molecular complexity index is 740. The number of aromatic nitrogens is 1. The Hall–Kier alpha value is -2.06. The molecule has 0 amide bonds. The van der Waals surface area contributed by atoms with E-state index in [2.05, 4.69) is 44.7 Å². The number of anilines is 2. The van der Waals surface area contributed by atoms with Crippen LogP contribution in [0.3, 0.4) is 0 Å². The van der Waals surface area contributed by atoms with Gasteiger partial charge in [-0.3, -0.25) is 10.2 Å². The Morgan fingerprint density at radius 3 is 2.85 bits per heavy atom. The van der Waals surface area contributed by atoms with E-state index >= 15 is 0 Å². The third kappa shape index (κ3) is 5.47. The largest absolute Gasteiger partial charge is 0.466 e. The number of rotatable bonds is 7. The molecule has 8 heteroatoms. The molecule has 2 aromatic rings. The highest BCUT2D eigenvalue weighted by molar-refractivity contribution is 7.99. The number of nitrogens with zero attached hydrogens (tertiary/aromatic N) is 3. The van der Waals surface area contributed by atoms with Gasteiger partial charge in [-0.25, -0.2) is 4.98 Å². The fourth-order valence-electron chi connectivity index (χ4n) is 2.55. The van der Waals surface area contributed by atoms with Gasteiger partial charge in [0.05, 0.1) is 24.9 Å². The summed E-state index contributed by atoms with van der Waals surface area (Å²) in [5, 5.41) is 6.71. The van der Waals surface area contributed by atoms with Crippen molar-refractivity contribution < 1.29 is 9.53 Å². The minimum atomic E-state index is -0.264. The number of hydrogen-bond donors (Lipinski definition) is 1. The lowest BCUT2D eigenvalue weighted by Crippen LogP contribution is -2.32. The third-order valence-electron chi connectivity index (χ3n) is 3.83. The fraction of sp³-hybridized carbons (Fsp3) is 0.389. The number of ether oxygens (including phenoxy) is 1. The van der Waals surface area contributed by atoms with E-state index in [9.17, 15) is 4.79 Å². The van der Waals surface area contributed by atoms with Gasteiger partial charge in [-0.2, -0.15) is 16.9 Å². The molecule has 1 aromatic carbocycles. The number of thioether (sulfide) groups is 1. The Morgan fingerprint density at radius 1 is 1.35 bits per heavy atom. The molecule has 1 aliphatic rings. The lowest BCUT2D eigenvalue weighted by Gasteiger charge is -2.28. The van der Waals surface area contributed by atoms with Gasteiger partial charge in [0, 0.05) is 35.7 Å². The molecule has 26 heavy (non-hydrogen) atoms. The molecule has 0 bridgehead atoms. The van der Waals surface area contributed by atoms with Crippen LogP contribution in [-0.2, 0) is 16.0 Å². The van der Waals surface area contributed by atoms with Crippen LogP contribution in [-0.4, -0.2) is 48.4 Å². The van der Waals surface area contributed by atoms with Crippen molar-refractivity contribution in [1.82, 2.24) is 4.98 Å². The number of hydrogen-bond acceptors (Lipinski definition) is 8. The maximum absolute atomic E-state index is 11.5. The van der Waals surface area contributed by atoms with Crippen LogP contribution in [0.2, 0.25) is 0 Å². The first-order chi connectivity index (χ1) is 12.7. The molecule has 0 atom stereocenters. The summed E-state index contributed by atoms with van der Waals surface area (Å²) in [6, 6.07) is 8.41. The summed E-state index contributed by atoms with van der Waals surface area (Å²) in [5.41, 5.74) is 5.89. The average Bonchev–Trinajstić information content (AvgIpc) is 3.10. The zero-order valence-electron chi connectivity index (χ0n) is 14.7. The van der Waals surface area contributed by atoms with E-state index < -0.39 is 0 Å². The Morgan fingerprint density at radius 2 is 2.12 bits per heavy atom. The van der Waals surface area contributed by atoms with Crippen LogP contribution < -0.4 is 10.3 Å². The van der Waals surface area contributed by atoms with Gasteiger partial charge in [0.25, 0.3) is 0 Å². The Balaban J connectivity index is 1.50. The monoisotopic (exact) mass is 390 g/mol. The highest BCUT2D eigenvalue weighted by Crippen LogP contribution is 2.20. The summed E-state index contributed by atoms with van der Waals surface area (Å²) in [5.74, 6) is 2.12. The fourth-order valence-corrected chi connectivity index (χ4v) is 4.12. The first kappa shape index (κ1) is 18.7. The lowest BCUT2D eigenvalue weighted by atomic mass is 10.2. The Kier molecular flexibility index (Phi) is 6.90. The van der Waals surface area contributed by atoms with Crippen LogP contribution in [0.4, 0.5) is 10.8 Å². The van der Waals surface area contributed by atoms with Crippen LogP contribution in [0.25, 0.3) is 0 Å². The van der Waals surface area contributed by atoms with Gasteiger partial charge in [-0.05, 0) is 24.6 Å². The minimum absolute atomic E-state index is 0.187. The molecule has 0 unspecified atom stereocenters. The van der Waals surface area contributed by atoms with E-state index in [1.807, 2.05) is 17.1 Å². The van der Waals surface area contributed by atoms with E-state index in [1.165, 1.54) is 28.5 Å². The number of carbonyl (C=O) groups excluding carboxylic acids is 1. The standard InChI is InChI=1S/C18H22N4O2S2/c1-2-24-17(23)11-15-13-26-18(20-15)21-19-12-14-3-5-16(6-4-14)22-7-9-25-10-8-22/h3-6,12-13H,2,7-11H2,1H3,(H,20,21). The van der Waals surface area contributed by atoms with Gasteiger partial charge in [-0.15, -0.1) is 11.3 Å². The van der Waals surface area contributed by atoms with Crippen molar-refractivity contribution in [3.05, 3.63) is 40.9 Å². The maximum atomic E-state index is 11.5.